The number of aromatic amines is 1. The van der Waals surface area contributed by atoms with Gasteiger partial charge in [0.2, 0.25) is 5.91 Å². The number of carbonyl (C=O) groups is 1. The number of nitrogens with zero attached hydrogens (tertiary/aromatic N) is 5. The van der Waals surface area contributed by atoms with E-state index in [1.165, 1.54) is 0 Å². The molecule has 0 aliphatic carbocycles. The van der Waals surface area contributed by atoms with E-state index in [0.29, 0.717) is 13.1 Å². The number of H-pyrrole nitrogens is 1. The van der Waals surface area contributed by atoms with Crippen molar-refractivity contribution in [3.8, 4) is 0 Å². The molecule has 3 rings (SSSR count). The number of aryl methyl sites for hydroxylation is 1. The van der Waals surface area contributed by atoms with Gasteiger partial charge < -0.3 is 19.4 Å². The molecule has 2 heterocycles. The molecule has 1 N–H and O–H groups in total. The van der Waals surface area contributed by atoms with Crippen LogP contribution in [0.15, 0.2) is 36.8 Å². The molecule has 0 radical (unpaired) electrons. The van der Waals surface area contributed by atoms with E-state index in [4.69, 9.17) is 0 Å². The van der Waals surface area contributed by atoms with Gasteiger partial charge >= 0.3 is 0 Å². The molecule has 2 aromatic heterocycles. The Morgan fingerprint density at radius 2 is 2.04 bits per heavy atom. The van der Waals surface area contributed by atoms with E-state index >= 15 is 0 Å². The van der Waals surface area contributed by atoms with Crippen molar-refractivity contribution in [2.45, 2.75) is 26.4 Å². The maximum Gasteiger partial charge on any atom is 0.245 e. The first kappa shape index (κ1) is 18.1. The summed E-state index contributed by atoms with van der Waals surface area (Å²) in [5.74, 6) is 0.925. The van der Waals surface area contributed by atoms with E-state index in [1.54, 1.807) is 12.5 Å². The maximum atomic E-state index is 13.3. The highest BCUT2D eigenvalue weighted by atomic mass is 16.2. The quantitative estimate of drug-likeness (QED) is 0.706. The third kappa shape index (κ3) is 3.77. The zero-order chi connectivity index (χ0) is 18.7. The summed E-state index contributed by atoms with van der Waals surface area (Å²) in [5, 5.41) is 0. The highest BCUT2D eigenvalue weighted by Crippen LogP contribution is 2.22. The Hall–Kier alpha value is -2.67. The van der Waals surface area contributed by atoms with Crippen molar-refractivity contribution in [3.05, 3.63) is 48.3 Å². The first-order valence-corrected chi connectivity index (χ1v) is 8.81. The zero-order valence-electron chi connectivity index (χ0n) is 15.8. The summed E-state index contributed by atoms with van der Waals surface area (Å²) in [6.07, 6.45) is 3.40. The summed E-state index contributed by atoms with van der Waals surface area (Å²) in [7, 11) is 4.02. The molecule has 138 valence electrons. The van der Waals surface area contributed by atoms with Crippen LogP contribution in [0, 0.1) is 6.92 Å². The Morgan fingerprint density at radius 1 is 1.27 bits per heavy atom. The lowest BCUT2D eigenvalue weighted by atomic mass is 10.2. The molecular formula is C19H26N6O. The van der Waals surface area contributed by atoms with E-state index in [-0.39, 0.29) is 11.9 Å². The Balaban J connectivity index is 1.87. The molecular weight excluding hydrogens is 328 g/mol. The van der Waals surface area contributed by atoms with Crippen LogP contribution in [0.5, 0.6) is 0 Å². The van der Waals surface area contributed by atoms with Crippen LogP contribution in [0.4, 0.5) is 0 Å². The van der Waals surface area contributed by atoms with E-state index < -0.39 is 0 Å². The molecule has 0 bridgehead atoms. The van der Waals surface area contributed by atoms with E-state index in [9.17, 15) is 4.79 Å². The SMILES string of the molecule is Cc1nc2ccccc2n1C(C)C(=O)N(CCN(C)C)Cc1cnc[nH]1. The van der Waals surface area contributed by atoms with Crippen LogP contribution in [-0.4, -0.2) is 62.4 Å². The largest absolute Gasteiger partial charge is 0.347 e. The highest BCUT2D eigenvalue weighted by Gasteiger charge is 2.25. The Bertz CT molecular complexity index is 867. The first-order chi connectivity index (χ1) is 12.5. The average Bonchev–Trinajstić information content (AvgIpc) is 3.23. The summed E-state index contributed by atoms with van der Waals surface area (Å²) in [5.41, 5.74) is 2.83. The van der Waals surface area contributed by atoms with Gasteiger partial charge in [-0.25, -0.2) is 9.97 Å². The van der Waals surface area contributed by atoms with Gasteiger partial charge in [0.05, 0.1) is 29.6 Å². The monoisotopic (exact) mass is 354 g/mol. The lowest BCUT2D eigenvalue weighted by Crippen LogP contribution is -2.40. The minimum atomic E-state index is -0.326. The second-order valence-electron chi connectivity index (χ2n) is 6.83. The molecule has 7 heteroatoms. The summed E-state index contributed by atoms with van der Waals surface area (Å²) >= 11 is 0. The predicted octanol–water partition coefficient (Wildman–Crippen LogP) is 2.22. The number of carbonyl (C=O) groups excluding carboxylic acids is 1. The van der Waals surface area contributed by atoms with Crippen molar-refractivity contribution < 1.29 is 4.79 Å². The Morgan fingerprint density at radius 3 is 2.73 bits per heavy atom. The van der Waals surface area contributed by atoms with Gasteiger partial charge in [-0.3, -0.25) is 4.79 Å². The number of aromatic nitrogens is 4. The van der Waals surface area contributed by atoms with Crippen molar-refractivity contribution in [1.29, 1.82) is 0 Å². The fourth-order valence-corrected chi connectivity index (χ4v) is 3.19. The van der Waals surface area contributed by atoms with E-state index in [1.807, 2.05) is 61.7 Å². The van der Waals surface area contributed by atoms with Crippen LogP contribution < -0.4 is 0 Å². The van der Waals surface area contributed by atoms with Gasteiger partial charge in [-0.2, -0.15) is 0 Å². The molecule has 1 atom stereocenters. The molecule has 26 heavy (non-hydrogen) atoms. The number of fused-ring (bicyclic) bond motifs is 1. The van der Waals surface area contributed by atoms with Crippen LogP contribution in [0.25, 0.3) is 11.0 Å². The van der Waals surface area contributed by atoms with Gasteiger partial charge in [0.25, 0.3) is 0 Å². The average molecular weight is 354 g/mol. The molecule has 0 fully saturated rings. The van der Waals surface area contributed by atoms with Crippen LogP contribution >= 0.6 is 0 Å². The molecule has 0 spiro atoms. The third-order valence-electron chi connectivity index (χ3n) is 4.56. The maximum absolute atomic E-state index is 13.3. The topological polar surface area (TPSA) is 70.1 Å². The summed E-state index contributed by atoms with van der Waals surface area (Å²) in [6, 6.07) is 7.61. The summed E-state index contributed by atoms with van der Waals surface area (Å²) < 4.78 is 2.02. The number of imidazole rings is 2. The highest BCUT2D eigenvalue weighted by molar-refractivity contribution is 5.84. The van der Waals surface area contributed by atoms with Gasteiger partial charge in [0, 0.05) is 19.3 Å². The minimum Gasteiger partial charge on any atom is -0.347 e. The molecule has 7 nitrogen and oxygen atoms in total. The van der Waals surface area contributed by atoms with Crippen LogP contribution in [-0.2, 0) is 11.3 Å². The van der Waals surface area contributed by atoms with Gasteiger partial charge in [-0.05, 0) is 40.1 Å². The molecule has 1 unspecified atom stereocenters. The van der Waals surface area contributed by atoms with Crippen LogP contribution in [0.2, 0.25) is 0 Å². The number of likely N-dealkylation sites (N-methyl/N-ethyl adjacent to an activating group) is 1. The Kier molecular flexibility index (Phi) is 5.37. The van der Waals surface area contributed by atoms with Gasteiger partial charge in [-0.1, -0.05) is 12.1 Å². The molecule has 0 saturated heterocycles. The van der Waals surface area contributed by atoms with E-state index in [0.717, 1.165) is 29.1 Å². The third-order valence-corrected chi connectivity index (χ3v) is 4.56. The van der Waals surface area contributed by atoms with Crippen molar-refractivity contribution in [2.75, 3.05) is 27.2 Å². The Labute approximate surface area is 153 Å². The lowest BCUT2D eigenvalue weighted by molar-refractivity contribution is -0.135. The van der Waals surface area contributed by atoms with Crippen molar-refractivity contribution >= 4 is 16.9 Å². The zero-order valence-corrected chi connectivity index (χ0v) is 15.8. The van der Waals surface area contributed by atoms with Gasteiger partial charge in [0.15, 0.2) is 0 Å². The van der Waals surface area contributed by atoms with Gasteiger partial charge in [0.1, 0.15) is 11.9 Å². The predicted molar refractivity (Wildman–Crippen MR) is 102 cm³/mol. The fraction of sp³-hybridized carbons (Fsp3) is 0.421. The number of benzene rings is 1. The standard InChI is InChI=1S/C19H26N6O/c1-14(25-15(2)22-17-7-5-6-8-18(17)25)19(26)24(10-9-23(3)4)12-16-11-20-13-21-16/h5-8,11,13-14H,9-10,12H2,1-4H3,(H,20,21). The molecule has 1 amide bonds. The fourth-order valence-electron chi connectivity index (χ4n) is 3.19. The molecule has 1 aromatic carbocycles. The van der Waals surface area contributed by atoms with Crippen LogP contribution in [0.3, 0.4) is 0 Å². The number of rotatable bonds is 7. The number of nitrogens with one attached hydrogen (secondary N) is 1. The normalized spacial score (nSPS) is 12.7. The van der Waals surface area contributed by atoms with Crippen LogP contribution in [0.1, 0.15) is 24.5 Å². The summed E-state index contributed by atoms with van der Waals surface area (Å²) in [4.78, 5) is 29.0. The molecule has 0 aliphatic heterocycles. The van der Waals surface area contributed by atoms with Crippen molar-refractivity contribution in [1.82, 2.24) is 29.3 Å². The van der Waals surface area contributed by atoms with E-state index in [2.05, 4.69) is 19.9 Å². The van der Waals surface area contributed by atoms with Crippen molar-refractivity contribution in [2.24, 2.45) is 0 Å². The second kappa shape index (κ2) is 7.70. The number of hydrogen-bond acceptors (Lipinski definition) is 4. The first-order valence-electron chi connectivity index (χ1n) is 8.81. The number of amides is 1. The molecule has 0 saturated carbocycles. The lowest BCUT2D eigenvalue weighted by Gasteiger charge is -2.28. The minimum absolute atomic E-state index is 0.0766. The molecule has 3 aromatic rings. The smallest absolute Gasteiger partial charge is 0.245 e. The summed E-state index contributed by atoms with van der Waals surface area (Å²) in [6.45, 7) is 5.86. The number of para-hydroxylation sites is 2. The number of hydrogen-bond donors (Lipinski definition) is 1. The van der Waals surface area contributed by atoms with Gasteiger partial charge in [-0.15, -0.1) is 0 Å². The molecule has 0 aliphatic rings. The van der Waals surface area contributed by atoms with Crippen molar-refractivity contribution in [3.63, 3.8) is 0 Å². The second-order valence-corrected chi connectivity index (χ2v) is 6.83.